The number of allylic oxidation sites excluding steroid dienone is 1. The van der Waals surface area contributed by atoms with E-state index >= 15 is 4.39 Å². The van der Waals surface area contributed by atoms with Gasteiger partial charge in [-0.2, -0.15) is 5.10 Å². The molecule has 0 unspecified atom stereocenters. The van der Waals surface area contributed by atoms with Gasteiger partial charge in [-0.25, -0.2) is 19.0 Å². The van der Waals surface area contributed by atoms with Gasteiger partial charge in [0.15, 0.2) is 11.6 Å². The first-order valence-electron chi connectivity index (χ1n) is 13.7. The van der Waals surface area contributed by atoms with Crippen LogP contribution in [0.4, 0.5) is 10.3 Å². The smallest absolute Gasteiger partial charge is 0.225 e. The second-order valence-electron chi connectivity index (χ2n) is 10.9. The van der Waals surface area contributed by atoms with Crippen LogP contribution in [-0.4, -0.2) is 38.4 Å². The number of nitrogens with zero attached hydrogens (tertiary/aromatic N) is 5. The van der Waals surface area contributed by atoms with Crippen molar-refractivity contribution in [3.05, 3.63) is 89.3 Å². The molecule has 0 bridgehead atoms. The van der Waals surface area contributed by atoms with E-state index in [1.165, 1.54) is 25.5 Å². The summed E-state index contributed by atoms with van der Waals surface area (Å²) in [6.07, 6.45) is 8.91. The molecule has 8 heteroatoms. The lowest BCUT2D eigenvalue weighted by molar-refractivity contribution is 0.391. The fraction of sp³-hybridized carbons (Fsp3) is 0.281. The number of hydrogen-bond acceptors (Lipinski definition) is 5. The predicted molar refractivity (Wildman–Crippen MR) is 156 cm³/mol. The van der Waals surface area contributed by atoms with Crippen molar-refractivity contribution in [2.24, 2.45) is 0 Å². The van der Waals surface area contributed by atoms with Crippen molar-refractivity contribution < 1.29 is 9.13 Å². The van der Waals surface area contributed by atoms with Crippen LogP contribution in [0.25, 0.3) is 33.4 Å². The highest BCUT2D eigenvalue weighted by Crippen LogP contribution is 2.42. The first kappa shape index (κ1) is 24.6. The van der Waals surface area contributed by atoms with E-state index in [0.717, 1.165) is 63.3 Å². The second-order valence-corrected chi connectivity index (χ2v) is 10.9. The molecule has 0 saturated heterocycles. The number of benzene rings is 2. The minimum absolute atomic E-state index is 0.202. The summed E-state index contributed by atoms with van der Waals surface area (Å²) in [6.45, 7) is 9.65. The van der Waals surface area contributed by atoms with E-state index in [1.807, 2.05) is 42.3 Å². The van der Waals surface area contributed by atoms with Crippen LogP contribution in [0.5, 0.6) is 5.75 Å². The predicted octanol–water partition coefficient (Wildman–Crippen LogP) is 6.74. The maximum atomic E-state index is 15.5. The van der Waals surface area contributed by atoms with Crippen molar-refractivity contribution in [3.63, 3.8) is 0 Å². The molecule has 1 saturated carbocycles. The SMILES string of the molecule is C=C(C)c1cccc(C)c1-n1nc2c(c1-c1cc(F)c(OC)c3[nH]ccc13)CN(c1ncc(C3CC3)cn1)CC2. The molecular formula is C32H31FN6O. The summed E-state index contributed by atoms with van der Waals surface area (Å²) >= 11 is 0. The summed E-state index contributed by atoms with van der Waals surface area (Å²) in [4.78, 5) is 14.8. The van der Waals surface area contributed by atoms with Crippen molar-refractivity contribution in [2.75, 3.05) is 18.6 Å². The van der Waals surface area contributed by atoms with Crippen LogP contribution in [0.15, 0.2) is 55.5 Å². The highest BCUT2D eigenvalue weighted by atomic mass is 19.1. The molecule has 7 nitrogen and oxygen atoms in total. The zero-order valence-electron chi connectivity index (χ0n) is 23.0. The largest absolute Gasteiger partial charge is 0.492 e. The molecule has 2 aromatic carbocycles. The highest BCUT2D eigenvalue weighted by molar-refractivity contribution is 5.99. The lowest BCUT2D eigenvalue weighted by Crippen LogP contribution is -2.31. The third-order valence-electron chi connectivity index (χ3n) is 8.14. The van der Waals surface area contributed by atoms with Crippen LogP contribution >= 0.6 is 0 Å². The molecule has 0 radical (unpaired) electrons. The molecule has 1 N–H and O–H groups in total. The minimum atomic E-state index is -0.425. The van der Waals surface area contributed by atoms with Crippen molar-refractivity contribution >= 4 is 22.4 Å². The van der Waals surface area contributed by atoms with Gasteiger partial charge in [-0.15, -0.1) is 0 Å². The number of H-pyrrole nitrogens is 1. The Bertz CT molecular complexity index is 1780. The van der Waals surface area contributed by atoms with Gasteiger partial charge in [-0.05, 0) is 61.4 Å². The zero-order valence-corrected chi connectivity index (χ0v) is 23.0. The van der Waals surface area contributed by atoms with Gasteiger partial charge in [0.05, 0.1) is 29.7 Å². The van der Waals surface area contributed by atoms with Crippen molar-refractivity contribution in [1.82, 2.24) is 24.7 Å². The Labute approximate surface area is 232 Å². The molecular weight excluding hydrogens is 503 g/mol. The van der Waals surface area contributed by atoms with Crippen molar-refractivity contribution in [1.29, 1.82) is 0 Å². The van der Waals surface area contributed by atoms with Crippen LogP contribution in [0.1, 0.15) is 53.6 Å². The number of para-hydroxylation sites is 1. The van der Waals surface area contributed by atoms with Crippen LogP contribution in [0, 0.1) is 12.7 Å². The molecule has 5 aromatic rings. The number of anilines is 1. The van der Waals surface area contributed by atoms with E-state index < -0.39 is 5.82 Å². The molecule has 0 amide bonds. The fourth-order valence-electron chi connectivity index (χ4n) is 5.96. The summed E-state index contributed by atoms with van der Waals surface area (Å²) in [7, 11) is 1.49. The molecule has 1 aliphatic carbocycles. The Kier molecular flexibility index (Phi) is 5.73. The number of aromatic amines is 1. The van der Waals surface area contributed by atoms with Crippen LogP contribution in [-0.2, 0) is 13.0 Å². The molecule has 40 heavy (non-hydrogen) atoms. The van der Waals surface area contributed by atoms with Gasteiger partial charge in [0.1, 0.15) is 0 Å². The van der Waals surface area contributed by atoms with Crippen LogP contribution in [0.3, 0.4) is 0 Å². The second kappa shape index (κ2) is 9.33. The van der Waals surface area contributed by atoms with Gasteiger partial charge in [0.2, 0.25) is 5.95 Å². The van der Waals surface area contributed by atoms with E-state index in [9.17, 15) is 0 Å². The van der Waals surface area contributed by atoms with E-state index in [2.05, 4.69) is 35.5 Å². The van der Waals surface area contributed by atoms with Gasteiger partial charge in [0, 0.05) is 60.2 Å². The van der Waals surface area contributed by atoms with E-state index in [0.29, 0.717) is 23.9 Å². The zero-order chi connectivity index (χ0) is 27.5. The quantitative estimate of drug-likeness (QED) is 0.261. The lowest BCUT2D eigenvalue weighted by Gasteiger charge is -2.27. The van der Waals surface area contributed by atoms with Gasteiger partial charge < -0.3 is 14.6 Å². The van der Waals surface area contributed by atoms with Gasteiger partial charge in [-0.3, -0.25) is 0 Å². The monoisotopic (exact) mass is 534 g/mol. The van der Waals surface area contributed by atoms with E-state index in [-0.39, 0.29) is 5.75 Å². The molecule has 1 fully saturated rings. The van der Waals surface area contributed by atoms with E-state index in [1.54, 1.807) is 6.07 Å². The maximum Gasteiger partial charge on any atom is 0.225 e. The van der Waals surface area contributed by atoms with Crippen molar-refractivity contribution in [2.45, 2.75) is 45.6 Å². The number of ether oxygens (including phenoxy) is 1. The standard InChI is InChI=1S/C32H31FN6O/c1-18(2)22-7-5-6-19(3)29(22)39-30(24-14-26(33)31(40-4)28-23(24)10-12-34-28)25-17-38(13-11-27(25)37-39)32-35-15-21(16-36-32)20-8-9-20/h5-7,10,12,14-16,20,34H,1,8-9,11,13,17H2,2-4H3. The normalized spacial score (nSPS) is 14.9. The van der Waals surface area contributed by atoms with Crippen LogP contribution < -0.4 is 9.64 Å². The fourth-order valence-corrected chi connectivity index (χ4v) is 5.96. The Balaban J connectivity index is 1.45. The molecule has 0 spiro atoms. The molecule has 4 heterocycles. The topological polar surface area (TPSA) is 71.9 Å². The first-order valence-corrected chi connectivity index (χ1v) is 13.7. The van der Waals surface area contributed by atoms with Gasteiger partial charge in [0.25, 0.3) is 0 Å². The Hall–Kier alpha value is -4.46. The summed E-state index contributed by atoms with van der Waals surface area (Å²) in [6, 6.07) is 9.72. The molecule has 2 aliphatic rings. The average molecular weight is 535 g/mol. The average Bonchev–Trinajstić information content (AvgIpc) is 3.58. The lowest BCUT2D eigenvalue weighted by atomic mass is 9.97. The number of methoxy groups -OCH3 is 1. The maximum absolute atomic E-state index is 15.5. The molecule has 1 aliphatic heterocycles. The summed E-state index contributed by atoms with van der Waals surface area (Å²) in [5.41, 5.74) is 9.46. The number of hydrogen-bond donors (Lipinski definition) is 1. The van der Waals surface area contributed by atoms with Gasteiger partial charge >= 0.3 is 0 Å². The summed E-state index contributed by atoms with van der Waals surface area (Å²) in [5, 5.41) is 6.05. The summed E-state index contributed by atoms with van der Waals surface area (Å²) in [5.74, 6) is 1.09. The number of aryl methyl sites for hydroxylation is 1. The third-order valence-corrected chi connectivity index (χ3v) is 8.14. The first-order chi connectivity index (χ1) is 19.4. The molecule has 3 aromatic heterocycles. The number of halogens is 1. The number of rotatable bonds is 6. The molecule has 0 atom stereocenters. The van der Waals surface area contributed by atoms with E-state index in [4.69, 9.17) is 19.8 Å². The molecule has 202 valence electrons. The van der Waals surface area contributed by atoms with Crippen LogP contribution in [0.2, 0.25) is 0 Å². The van der Waals surface area contributed by atoms with Gasteiger partial charge in [-0.1, -0.05) is 24.8 Å². The highest BCUT2D eigenvalue weighted by Gasteiger charge is 2.31. The Morgan fingerprint density at radius 2 is 1.98 bits per heavy atom. The minimum Gasteiger partial charge on any atom is -0.492 e. The Morgan fingerprint density at radius 1 is 1.18 bits per heavy atom. The third kappa shape index (κ3) is 3.89. The number of aromatic nitrogens is 5. The number of fused-ring (bicyclic) bond motifs is 2. The summed E-state index contributed by atoms with van der Waals surface area (Å²) < 4.78 is 23.0. The Morgan fingerprint density at radius 3 is 2.70 bits per heavy atom. The number of nitrogens with one attached hydrogen (secondary N) is 1. The van der Waals surface area contributed by atoms with Crippen molar-refractivity contribution in [3.8, 4) is 22.7 Å². The molecule has 7 rings (SSSR count).